The van der Waals surface area contributed by atoms with E-state index in [-0.39, 0.29) is 0 Å². The van der Waals surface area contributed by atoms with Crippen LogP contribution in [0.1, 0.15) is 23.4 Å². The zero-order valence-corrected chi connectivity index (χ0v) is 11.6. The summed E-state index contributed by atoms with van der Waals surface area (Å²) < 4.78 is 2.07. The first-order valence-electron chi connectivity index (χ1n) is 6.91. The number of aliphatic imine (C=N–C) groups is 1. The topological polar surface area (TPSA) is 68.2 Å². The average Bonchev–Trinajstić information content (AvgIpc) is 3.08. The Morgan fingerprint density at radius 1 is 1.35 bits per heavy atom. The van der Waals surface area contributed by atoms with Crippen LogP contribution < -0.4 is 11.1 Å². The average molecular weight is 269 g/mol. The van der Waals surface area contributed by atoms with Gasteiger partial charge in [0.05, 0.1) is 17.9 Å². The van der Waals surface area contributed by atoms with Crippen molar-refractivity contribution in [3.63, 3.8) is 0 Å². The van der Waals surface area contributed by atoms with Crippen molar-refractivity contribution in [3.8, 4) is 5.69 Å². The Morgan fingerprint density at radius 3 is 2.90 bits per heavy atom. The molecule has 0 unspecified atom stereocenters. The van der Waals surface area contributed by atoms with Crippen molar-refractivity contribution in [1.82, 2.24) is 15.1 Å². The number of hydrogen-bond acceptors (Lipinski definition) is 2. The molecule has 0 spiro atoms. The second kappa shape index (κ2) is 5.36. The van der Waals surface area contributed by atoms with Gasteiger partial charge >= 0.3 is 0 Å². The zero-order valence-electron chi connectivity index (χ0n) is 11.6. The first-order chi connectivity index (χ1) is 9.79. The van der Waals surface area contributed by atoms with E-state index in [0.29, 0.717) is 12.5 Å². The van der Waals surface area contributed by atoms with E-state index in [1.165, 1.54) is 17.7 Å². The lowest BCUT2D eigenvalue weighted by Crippen LogP contribution is -2.31. The van der Waals surface area contributed by atoms with Crippen LogP contribution in [0.25, 0.3) is 5.69 Å². The van der Waals surface area contributed by atoms with Gasteiger partial charge in [-0.1, -0.05) is 18.2 Å². The minimum absolute atomic E-state index is 0.450. The number of hydrogen-bond donors (Lipinski definition) is 2. The minimum atomic E-state index is 0.450. The first-order valence-corrected chi connectivity index (χ1v) is 6.91. The molecule has 0 aliphatic heterocycles. The lowest BCUT2D eigenvalue weighted by atomic mass is 10.2. The van der Waals surface area contributed by atoms with E-state index >= 15 is 0 Å². The summed E-state index contributed by atoms with van der Waals surface area (Å²) >= 11 is 0. The molecule has 1 aliphatic carbocycles. The minimum Gasteiger partial charge on any atom is -0.370 e. The summed E-state index contributed by atoms with van der Waals surface area (Å²) in [5.41, 5.74) is 10.6. The van der Waals surface area contributed by atoms with Gasteiger partial charge in [0, 0.05) is 12.7 Å². The van der Waals surface area contributed by atoms with Crippen molar-refractivity contribution in [2.24, 2.45) is 10.7 Å². The molecule has 5 nitrogen and oxygen atoms in total. The summed E-state index contributed by atoms with van der Waals surface area (Å²) in [6, 6.07) is 10.3. The molecule has 2 aromatic rings. The fourth-order valence-electron chi connectivity index (χ4n) is 2.69. The molecule has 3 rings (SSSR count). The van der Waals surface area contributed by atoms with Crippen molar-refractivity contribution in [2.45, 2.75) is 25.8 Å². The van der Waals surface area contributed by atoms with Gasteiger partial charge in [0.15, 0.2) is 5.96 Å². The third-order valence-electron chi connectivity index (χ3n) is 3.69. The highest BCUT2D eigenvalue weighted by atomic mass is 15.3. The Kier molecular flexibility index (Phi) is 3.41. The second-order valence-electron chi connectivity index (χ2n) is 4.94. The van der Waals surface area contributed by atoms with Gasteiger partial charge in [0.2, 0.25) is 0 Å². The smallest absolute Gasteiger partial charge is 0.188 e. The van der Waals surface area contributed by atoms with Crippen LogP contribution >= 0.6 is 0 Å². The van der Waals surface area contributed by atoms with Gasteiger partial charge in [-0.05, 0) is 37.0 Å². The maximum atomic E-state index is 5.69. The third kappa shape index (κ3) is 2.27. The van der Waals surface area contributed by atoms with E-state index < -0.39 is 0 Å². The largest absolute Gasteiger partial charge is 0.370 e. The number of nitrogens with two attached hydrogens (primary N) is 1. The number of nitrogens with zero attached hydrogens (tertiary/aromatic N) is 3. The quantitative estimate of drug-likeness (QED) is 0.653. The fourth-order valence-corrected chi connectivity index (χ4v) is 2.69. The molecule has 1 aromatic heterocycles. The van der Waals surface area contributed by atoms with Crippen molar-refractivity contribution in [3.05, 3.63) is 47.3 Å². The Morgan fingerprint density at radius 2 is 2.15 bits per heavy atom. The second-order valence-corrected chi connectivity index (χ2v) is 4.94. The standard InChI is InChI=1S/C15H19N5/c1-17-15(16)18-10-13-12-8-5-9-14(12)20(19-13)11-6-3-2-4-7-11/h2-4,6-7H,5,8-10H2,1H3,(H3,16,17,18). The molecule has 0 atom stereocenters. The maximum absolute atomic E-state index is 5.69. The SMILES string of the molecule is CN=C(N)NCc1nn(-c2ccccc2)c2c1CCC2. The van der Waals surface area contributed by atoms with Gasteiger partial charge in [0.25, 0.3) is 0 Å². The Bertz CT molecular complexity index is 627. The van der Waals surface area contributed by atoms with Crippen LogP contribution in [0.5, 0.6) is 0 Å². The molecular weight excluding hydrogens is 250 g/mol. The van der Waals surface area contributed by atoms with Crippen molar-refractivity contribution >= 4 is 5.96 Å². The molecule has 1 aromatic carbocycles. The Balaban J connectivity index is 1.93. The van der Waals surface area contributed by atoms with E-state index in [4.69, 9.17) is 10.8 Å². The lowest BCUT2D eigenvalue weighted by molar-refractivity contribution is 0.742. The molecule has 104 valence electrons. The third-order valence-corrected chi connectivity index (χ3v) is 3.69. The zero-order chi connectivity index (χ0) is 13.9. The van der Waals surface area contributed by atoms with Crippen molar-refractivity contribution < 1.29 is 0 Å². The Hall–Kier alpha value is -2.30. The van der Waals surface area contributed by atoms with Gasteiger partial charge in [-0.15, -0.1) is 0 Å². The molecule has 1 aliphatic rings. The molecule has 3 N–H and O–H groups in total. The summed E-state index contributed by atoms with van der Waals surface area (Å²) in [7, 11) is 1.68. The van der Waals surface area contributed by atoms with E-state index in [1.54, 1.807) is 7.05 Å². The number of rotatable bonds is 3. The van der Waals surface area contributed by atoms with Gasteiger partial charge in [-0.3, -0.25) is 4.99 Å². The monoisotopic (exact) mass is 269 g/mol. The molecule has 20 heavy (non-hydrogen) atoms. The Labute approximate surface area is 118 Å². The van der Waals surface area contributed by atoms with Gasteiger partial charge < -0.3 is 11.1 Å². The van der Waals surface area contributed by atoms with Crippen LogP contribution in [-0.2, 0) is 19.4 Å². The molecule has 0 bridgehead atoms. The number of fused-ring (bicyclic) bond motifs is 1. The lowest BCUT2D eigenvalue weighted by Gasteiger charge is -2.05. The predicted octanol–water partition coefficient (Wildman–Crippen LogP) is 1.40. The van der Waals surface area contributed by atoms with E-state index in [0.717, 1.165) is 24.2 Å². The predicted molar refractivity (Wildman–Crippen MR) is 80.0 cm³/mol. The van der Waals surface area contributed by atoms with E-state index in [9.17, 15) is 0 Å². The maximum Gasteiger partial charge on any atom is 0.188 e. The van der Waals surface area contributed by atoms with Gasteiger partial charge in [-0.25, -0.2) is 4.68 Å². The molecule has 5 heteroatoms. The van der Waals surface area contributed by atoms with Gasteiger partial charge in [-0.2, -0.15) is 5.10 Å². The van der Waals surface area contributed by atoms with Crippen LogP contribution in [-0.4, -0.2) is 22.8 Å². The fraction of sp³-hybridized carbons (Fsp3) is 0.333. The highest BCUT2D eigenvalue weighted by Gasteiger charge is 2.22. The molecule has 0 saturated carbocycles. The highest BCUT2D eigenvalue weighted by Crippen LogP contribution is 2.27. The number of para-hydroxylation sites is 1. The van der Waals surface area contributed by atoms with Crippen LogP contribution in [0.4, 0.5) is 0 Å². The van der Waals surface area contributed by atoms with E-state index in [2.05, 4.69) is 27.1 Å². The summed E-state index contributed by atoms with van der Waals surface area (Å²) in [4.78, 5) is 3.91. The molecule has 0 amide bonds. The summed E-state index contributed by atoms with van der Waals surface area (Å²) in [5, 5.41) is 7.85. The van der Waals surface area contributed by atoms with Crippen LogP contribution in [0.3, 0.4) is 0 Å². The van der Waals surface area contributed by atoms with Crippen LogP contribution in [0, 0.1) is 0 Å². The number of nitrogens with one attached hydrogen (secondary N) is 1. The summed E-state index contributed by atoms with van der Waals surface area (Å²) in [6.07, 6.45) is 3.39. The molecule has 0 saturated heterocycles. The number of guanidine groups is 1. The highest BCUT2D eigenvalue weighted by molar-refractivity contribution is 5.77. The van der Waals surface area contributed by atoms with Crippen LogP contribution in [0.2, 0.25) is 0 Å². The molecule has 0 radical (unpaired) electrons. The van der Waals surface area contributed by atoms with Crippen molar-refractivity contribution in [2.75, 3.05) is 7.05 Å². The molecule has 0 fully saturated rings. The number of benzene rings is 1. The summed E-state index contributed by atoms with van der Waals surface area (Å²) in [5.74, 6) is 0.450. The van der Waals surface area contributed by atoms with Crippen molar-refractivity contribution in [1.29, 1.82) is 0 Å². The summed E-state index contributed by atoms with van der Waals surface area (Å²) in [6.45, 7) is 0.630. The van der Waals surface area contributed by atoms with Gasteiger partial charge in [0.1, 0.15) is 0 Å². The van der Waals surface area contributed by atoms with Crippen LogP contribution in [0.15, 0.2) is 35.3 Å². The number of aromatic nitrogens is 2. The molecule has 1 heterocycles. The first kappa shape index (κ1) is 12.7. The molecular formula is C15H19N5. The van der Waals surface area contributed by atoms with E-state index in [1.807, 2.05) is 18.2 Å². The normalized spacial score (nSPS) is 14.3.